The molecule has 2 rings (SSSR count). The summed E-state index contributed by atoms with van der Waals surface area (Å²) in [4.78, 5) is 319. The first-order valence-corrected chi connectivity index (χ1v) is 39.7. The molecule has 0 aliphatic carbocycles. The van der Waals surface area contributed by atoms with Crippen molar-refractivity contribution in [2.75, 3.05) is 45.8 Å². The van der Waals surface area contributed by atoms with Crippen LogP contribution in [0.15, 0.2) is 12.5 Å². The molecule has 13 atom stereocenters. The number of carboxylic acid groups (broad SMARTS) is 6. The van der Waals surface area contributed by atoms with E-state index in [1.807, 2.05) is 5.32 Å². The van der Waals surface area contributed by atoms with E-state index in [2.05, 4.69) is 89.7 Å². The lowest BCUT2D eigenvalue weighted by Crippen LogP contribution is -2.59. The number of likely N-dealkylation sites (tertiary alicyclic amines) is 1. The second-order valence-corrected chi connectivity index (χ2v) is 29.3. The normalized spacial score (nSPS) is 14.9. The number of hydrogen-bond acceptors (Lipinski definition) is 28. The predicted molar refractivity (Wildman–Crippen MR) is 430 cm³/mol. The minimum absolute atomic E-state index is 0.0225. The molecule has 706 valence electrons. The fourth-order valence-electron chi connectivity index (χ4n) is 11.9. The van der Waals surface area contributed by atoms with Gasteiger partial charge in [-0.25, -0.2) is 9.78 Å². The summed E-state index contributed by atoms with van der Waals surface area (Å²) in [5.41, 5.74) is 27.4. The summed E-state index contributed by atoms with van der Waals surface area (Å²) in [5.74, 6) is -30.5. The molecule has 1 aromatic heterocycles. The van der Waals surface area contributed by atoms with Crippen LogP contribution < -0.4 is 114 Å². The van der Waals surface area contributed by atoms with Gasteiger partial charge in [-0.1, -0.05) is 13.8 Å². The number of carbonyl (C=O) groups excluding carboxylic acids is 18. The summed E-state index contributed by atoms with van der Waals surface area (Å²) >= 11 is 0. The van der Waals surface area contributed by atoms with Crippen molar-refractivity contribution in [1.82, 2.24) is 99.9 Å². The van der Waals surface area contributed by atoms with Gasteiger partial charge >= 0.3 is 35.8 Å². The largest absolute Gasteiger partial charge is 0.481 e. The maximum Gasteiger partial charge on any atom is 0.326 e. The van der Waals surface area contributed by atoms with Gasteiger partial charge in [0, 0.05) is 57.8 Å². The Kier molecular flexibility index (Phi) is 48.3. The maximum atomic E-state index is 14.1. The molecule has 0 spiro atoms. The van der Waals surface area contributed by atoms with Crippen LogP contribution in [-0.4, -0.2) is 318 Å². The fraction of sp³-hybridized carbons (Fsp3) is 0.611. The molecular weight excluding hydrogens is 1690 g/mol. The second-order valence-electron chi connectivity index (χ2n) is 29.3. The number of aliphatic carboxylic acids is 6. The van der Waals surface area contributed by atoms with Crippen molar-refractivity contribution in [3.8, 4) is 0 Å². The Labute approximate surface area is 723 Å². The molecule has 0 radical (unpaired) electrons. The first-order chi connectivity index (χ1) is 59.6. The van der Waals surface area contributed by atoms with Crippen molar-refractivity contribution in [3.05, 3.63) is 18.2 Å². The number of nitrogens with one attached hydrogen (secondary N) is 18. The molecule has 2 heterocycles. The number of primary amides is 2. The van der Waals surface area contributed by atoms with Gasteiger partial charge in [-0.15, -0.1) is 0 Å². The first kappa shape index (κ1) is 109. The number of carbonyl (C=O) groups is 24. The minimum Gasteiger partial charge on any atom is -0.481 e. The number of hydrogen-bond donors (Lipinski definition) is 29. The van der Waals surface area contributed by atoms with Crippen LogP contribution in [-0.2, 0) is 121 Å². The van der Waals surface area contributed by atoms with Gasteiger partial charge in [-0.2, -0.15) is 0 Å². The third-order valence-electron chi connectivity index (χ3n) is 18.6. The molecule has 1 aromatic rings. The number of guanidine groups is 1. The third kappa shape index (κ3) is 43.5. The van der Waals surface area contributed by atoms with E-state index in [1.54, 1.807) is 0 Å². The standard InChI is InChI=1S/C72H113N25O30/c1-33(2)58(96-51(102)30-81-60(115)36(74)11-18-53(104)105)70(125)95-45(26-57(112)113)68(123)86-34(3)59(114)89-41(15-20-55(108)109)67(122)94-44(25-56(110)111)62(117)82-28-50(101)88-43(24-35-27-79-32-85-35)61(116)84-31-52(103)97-23-7-10-46(97)69(124)83-29-49(100)87-38(14-19-54(106)107)64(119)91-40(13-17-48(76)99)66(121)92-39(12-16-47(75)98)65(120)90-37(8-4-5-21-73)63(118)93-42(71(126)127)9-6-22-80-72(77)78/h27,32-34,36-46,58H,4-26,28-31,73-74H2,1-3H3,(H2,75,98)(H2,76,99)(H,79,85)(H,81,115)(H,82,117)(H,83,124)(H,84,116)(H,86,123)(H,87,100)(H,88,101)(H,89,114)(H,90,120)(H,91,119)(H,92,121)(H,93,118)(H,94,122)(H,95,125)(H,96,102)(H,104,105)(H,106,107)(H,108,109)(H,110,111)(H,112,113)(H,126,127)(H4,77,78,80)/t34-,36-,37-,38-,39-,40-,41-,42-,43-,44-,45-,46-,58-/m0/s1. The molecule has 0 unspecified atom stereocenters. The predicted octanol–water partition coefficient (Wildman–Crippen LogP) is -12.7. The quantitative estimate of drug-likeness (QED) is 0.0164. The van der Waals surface area contributed by atoms with Gasteiger partial charge in [0.2, 0.25) is 106 Å². The zero-order valence-electron chi connectivity index (χ0n) is 69.6. The summed E-state index contributed by atoms with van der Waals surface area (Å²) in [6.45, 7) is 0.334. The molecule has 0 bridgehead atoms. The van der Waals surface area contributed by atoms with Gasteiger partial charge in [0.15, 0.2) is 5.96 Å². The van der Waals surface area contributed by atoms with E-state index in [4.69, 9.17) is 39.2 Å². The van der Waals surface area contributed by atoms with Crippen LogP contribution in [0.2, 0.25) is 0 Å². The van der Waals surface area contributed by atoms with Gasteiger partial charge in [-0.3, -0.25) is 116 Å². The number of H-pyrrole nitrogens is 1. The van der Waals surface area contributed by atoms with Crippen LogP contribution in [0.4, 0.5) is 0 Å². The van der Waals surface area contributed by atoms with E-state index < -0.39 is 336 Å². The first-order valence-electron chi connectivity index (χ1n) is 39.7. The molecule has 1 fully saturated rings. The molecule has 1 saturated heterocycles. The average molecular weight is 1810 g/mol. The van der Waals surface area contributed by atoms with Crippen molar-refractivity contribution in [2.24, 2.45) is 34.6 Å². The molecule has 18 amide bonds. The van der Waals surface area contributed by atoms with E-state index in [0.29, 0.717) is 6.42 Å². The molecule has 1 aliphatic rings. The Morgan fingerprint density at radius 1 is 0.441 bits per heavy atom. The molecule has 1 aliphatic heterocycles. The Balaban J connectivity index is 2.25. The Morgan fingerprint density at radius 3 is 1.32 bits per heavy atom. The summed E-state index contributed by atoms with van der Waals surface area (Å²) in [5, 5.41) is 100. The van der Waals surface area contributed by atoms with Gasteiger partial charge in [0.1, 0.15) is 72.5 Å². The number of amides is 18. The number of aromatic nitrogens is 2. The molecular formula is C72H113N25O30. The summed E-state index contributed by atoms with van der Waals surface area (Å²) in [6.07, 6.45) is -5.99. The van der Waals surface area contributed by atoms with Crippen LogP contribution in [0.5, 0.6) is 0 Å². The lowest BCUT2D eigenvalue weighted by molar-refractivity contribution is -0.143. The van der Waals surface area contributed by atoms with Crippen molar-refractivity contribution in [3.63, 3.8) is 0 Å². The number of rotatable bonds is 62. The molecule has 0 saturated carbocycles. The molecule has 55 heteroatoms. The molecule has 34 N–H and O–H groups in total. The van der Waals surface area contributed by atoms with Crippen molar-refractivity contribution < 1.29 is 146 Å². The van der Waals surface area contributed by atoms with Crippen LogP contribution in [0, 0.1) is 11.3 Å². The second kappa shape index (κ2) is 56.4. The average Bonchev–Trinajstić information content (AvgIpc) is 1.82. The van der Waals surface area contributed by atoms with Crippen molar-refractivity contribution in [1.29, 1.82) is 5.41 Å². The highest BCUT2D eigenvalue weighted by Gasteiger charge is 2.39. The minimum atomic E-state index is -2.12. The highest BCUT2D eigenvalue weighted by Crippen LogP contribution is 2.18. The summed E-state index contributed by atoms with van der Waals surface area (Å²) in [7, 11) is 0. The molecule has 0 aromatic carbocycles. The number of unbranched alkanes of at least 4 members (excludes halogenated alkanes) is 1. The Hall–Kier alpha value is -14.3. The summed E-state index contributed by atoms with van der Waals surface area (Å²) < 4.78 is 0. The highest BCUT2D eigenvalue weighted by atomic mass is 16.4. The monoisotopic (exact) mass is 1810 g/mol. The van der Waals surface area contributed by atoms with Crippen molar-refractivity contribution in [2.45, 2.75) is 228 Å². The van der Waals surface area contributed by atoms with E-state index in [-0.39, 0.29) is 70.3 Å². The number of nitrogens with two attached hydrogens (primary N) is 5. The molecule has 127 heavy (non-hydrogen) atoms. The maximum absolute atomic E-state index is 14.1. The number of nitrogens with zero attached hydrogens (tertiary/aromatic N) is 2. The zero-order valence-corrected chi connectivity index (χ0v) is 69.6. The Bertz CT molecular complexity index is 4110. The van der Waals surface area contributed by atoms with Gasteiger partial charge in [0.25, 0.3) is 0 Å². The SMILES string of the molecule is CC(C)[C@H](NC(=O)CNC(=O)[C@@H](N)CCC(=O)O)C(=O)N[C@@H](CC(=O)O)C(=O)N[C@@H](C)C(=O)N[C@@H](CCC(=O)O)C(=O)N[C@@H](CC(=O)O)C(=O)NCC(=O)N[C@@H](Cc1c[nH]cn1)C(=O)NCC(=O)N1CCC[C@H]1C(=O)NCC(=O)N[C@@H](CCC(=O)O)C(=O)N[C@@H](CCC(N)=O)C(=O)N[C@@H](CCC(N)=O)C(=O)N[C@@H](CCCCN)C(=O)N[C@@H](CCCNC(=N)N)C(=O)O. The van der Waals surface area contributed by atoms with Crippen molar-refractivity contribution >= 4 is 148 Å². The third-order valence-corrected chi connectivity index (χ3v) is 18.6. The van der Waals surface area contributed by atoms with Crippen LogP contribution >= 0.6 is 0 Å². The fourth-order valence-corrected chi connectivity index (χ4v) is 11.9. The van der Waals surface area contributed by atoms with Gasteiger partial charge < -0.3 is 154 Å². The van der Waals surface area contributed by atoms with Crippen LogP contribution in [0.1, 0.15) is 148 Å². The van der Waals surface area contributed by atoms with E-state index in [9.17, 15) is 141 Å². The lowest BCUT2D eigenvalue weighted by atomic mass is 10.0. The molecule has 55 nitrogen and oxygen atoms in total. The van der Waals surface area contributed by atoms with E-state index in [0.717, 1.165) is 11.8 Å². The van der Waals surface area contributed by atoms with E-state index in [1.165, 1.54) is 26.4 Å². The number of carboxylic acids is 6. The van der Waals surface area contributed by atoms with Crippen LogP contribution in [0.3, 0.4) is 0 Å². The zero-order chi connectivity index (χ0) is 95.9. The van der Waals surface area contributed by atoms with Gasteiger partial charge in [0.05, 0.1) is 57.1 Å². The topological polar surface area (TPSA) is 909 Å². The van der Waals surface area contributed by atoms with Crippen LogP contribution in [0.25, 0.3) is 0 Å². The van der Waals surface area contributed by atoms with Gasteiger partial charge in [-0.05, 0) is 96.4 Å². The highest BCUT2D eigenvalue weighted by molar-refractivity contribution is 6.01. The number of aromatic amines is 1. The Morgan fingerprint density at radius 2 is 0.850 bits per heavy atom. The number of imidazole rings is 1. The smallest absolute Gasteiger partial charge is 0.326 e. The lowest BCUT2D eigenvalue weighted by Gasteiger charge is -2.27. The summed E-state index contributed by atoms with van der Waals surface area (Å²) in [6, 6.07) is -22.0. The van der Waals surface area contributed by atoms with E-state index >= 15 is 0 Å².